The molecule has 0 radical (unpaired) electrons. The Hall–Kier alpha value is -1.92. The molecule has 1 atom stereocenters. The van der Waals surface area contributed by atoms with Gasteiger partial charge in [-0.05, 0) is 6.92 Å². The Bertz CT molecular complexity index is 458. The quantitative estimate of drug-likeness (QED) is 0.713. The number of esters is 1. The minimum atomic E-state index is -2.21. The van der Waals surface area contributed by atoms with Crippen molar-refractivity contribution >= 4 is 11.7 Å². The number of rotatable bonds is 4. The number of halogens is 1. The zero-order valence-electron chi connectivity index (χ0n) is 9.88. The topological polar surface area (TPSA) is 64.4 Å². The summed E-state index contributed by atoms with van der Waals surface area (Å²) in [6.45, 7) is 1.60. The van der Waals surface area contributed by atoms with Crippen molar-refractivity contribution in [2.45, 2.75) is 13.2 Å². The van der Waals surface area contributed by atoms with Gasteiger partial charge in [0.2, 0.25) is 0 Å². The average molecular weight is 243 g/mol. The molecule has 94 valence electrons. The molecule has 0 spiro atoms. The largest absolute Gasteiger partial charge is 0.462 e. The van der Waals surface area contributed by atoms with Gasteiger partial charge in [-0.25, -0.2) is 9.18 Å². The second kappa shape index (κ2) is 5.42. The van der Waals surface area contributed by atoms with Crippen molar-refractivity contribution in [1.29, 1.82) is 0 Å². The molecule has 1 unspecified atom stereocenters. The van der Waals surface area contributed by atoms with Crippen molar-refractivity contribution in [1.82, 2.24) is 9.78 Å². The van der Waals surface area contributed by atoms with Crippen molar-refractivity contribution in [3.05, 3.63) is 22.6 Å². The fourth-order valence-electron chi connectivity index (χ4n) is 1.13. The van der Waals surface area contributed by atoms with Crippen molar-refractivity contribution < 1.29 is 13.9 Å². The van der Waals surface area contributed by atoms with Crippen molar-refractivity contribution in [3.63, 3.8) is 0 Å². The maximum Gasteiger partial charge on any atom is 0.363 e. The molecular formula is C10H14FN3O3. The second-order valence-corrected chi connectivity index (χ2v) is 3.48. The lowest BCUT2D eigenvalue weighted by molar-refractivity contribution is -0.153. The van der Waals surface area contributed by atoms with Crippen LogP contribution >= 0.6 is 0 Å². The molecule has 6 nitrogen and oxygen atoms in total. The number of hydrogen-bond donors (Lipinski definition) is 0. The van der Waals surface area contributed by atoms with E-state index in [2.05, 4.69) is 9.84 Å². The molecule has 0 aliphatic heterocycles. The van der Waals surface area contributed by atoms with Crippen LogP contribution in [0.1, 0.15) is 13.2 Å². The lowest BCUT2D eigenvalue weighted by Crippen LogP contribution is -2.31. The van der Waals surface area contributed by atoms with E-state index < -0.39 is 17.8 Å². The number of alkyl halides is 1. The molecule has 0 saturated heterocycles. The fraction of sp³-hybridized carbons (Fsp3) is 0.500. The Kier molecular flexibility index (Phi) is 4.19. The van der Waals surface area contributed by atoms with Crippen LogP contribution in [-0.4, -0.2) is 36.5 Å². The van der Waals surface area contributed by atoms with Gasteiger partial charge in [0.15, 0.2) is 0 Å². The molecule has 0 N–H and O–H groups in total. The predicted molar refractivity (Wildman–Crippen MR) is 59.6 cm³/mol. The Morgan fingerprint density at radius 2 is 2.29 bits per heavy atom. The van der Waals surface area contributed by atoms with Gasteiger partial charge in [0.25, 0.3) is 11.9 Å². The van der Waals surface area contributed by atoms with Crippen LogP contribution < -0.4 is 10.5 Å². The van der Waals surface area contributed by atoms with E-state index in [1.54, 1.807) is 25.9 Å². The van der Waals surface area contributed by atoms with Crippen LogP contribution in [0.15, 0.2) is 17.1 Å². The van der Waals surface area contributed by atoms with Crippen LogP contribution in [0, 0.1) is 0 Å². The molecule has 0 saturated carbocycles. The molecule has 0 aliphatic rings. The normalized spacial score (nSPS) is 12.0. The lowest BCUT2D eigenvalue weighted by atomic mass is 10.4. The van der Waals surface area contributed by atoms with Gasteiger partial charge >= 0.3 is 5.97 Å². The number of hydrogen-bond acceptors (Lipinski definition) is 5. The first kappa shape index (κ1) is 13.1. The van der Waals surface area contributed by atoms with Crippen LogP contribution in [0.3, 0.4) is 0 Å². The van der Waals surface area contributed by atoms with E-state index in [1.807, 2.05) is 0 Å². The standard InChI is InChI=1S/C10H14FN3O3/c1-4-17-10(16)9(11)14-8(15)5-7(6-12-14)13(2)3/h5-6,9H,4H2,1-3H3. The highest BCUT2D eigenvalue weighted by molar-refractivity contribution is 5.72. The average Bonchev–Trinajstić information content (AvgIpc) is 2.28. The summed E-state index contributed by atoms with van der Waals surface area (Å²) in [6.07, 6.45) is -0.911. The van der Waals surface area contributed by atoms with Gasteiger partial charge in [0.05, 0.1) is 18.5 Å². The zero-order chi connectivity index (χ0) is 13.0. The Balaban J connectivity index is 3.00. The van der Waals surface area contributed by atoms with Crippen LogP contribution in [0.2, 0.25) is 0 Å². The molecule has 0 aliphatic carbocycles. The highest BCUT2D eigenvalue weighted by Crippen LogP contribution is 2.09. The summed E-state index contributed by atoms with van der Waals surface area (Å²) in [6, 6.07) is 1.19. The minimum absolute atomic E-state index is 0.0454. The van der Waals surface area contributed by atoms with Gasteiger partial charge in [0, 0.05) is 20.2 Å². The summed E-state index contributed by atoms with van der Waals surface area (Å²) >= 11 is 0. The zero-order valence-corrected chi connectivity index (χ0v) is 9.88. The smallest absolute Gasteiger partial charge is 0.363 e. The summed E-state index contributed by atoms with van der Waals surface area (Å²) in [7, 11) is 3.44. The van der Waals surface area contributed by atoms with Gasteiger partial charge in [-0.3, -0.25) is 4.79 Å². The number of nitrogens with zero attached hydrogens (tertiary/aromatic N) is 3. The minimum Gasteiger partial charge on any atom is -0.462 e. The maximum absolute atomic E-state index is 13.5. The molecule has 1 aromatic rings. The number of carbonyl (C=O) groups excluding carboxylic acids is 1. The predicted octanol–water partition coefficient (Wildman–Crippen LogP) is 0.341. The van der Waals surface area contributed by atoms with Crippen molar-refractivity contribution in [2.75, 3.05) is 25.6 Å². The van der Waals surface area contributed by atoms with Gasteiger partial charge < -0.3 is 9.64 Å². The van der Waals surface area contributed by atoms with Crippen LogP contribution in [-0.2, 0) is 9.53 Å². The van der Waals surface area contributed by atoms with E-state index in [0.717, 1.165) is 0 Å². The number of aromatic nitrogens is 2. The van der Waals surface area contributed by atoms with E-state index in [1.165, 1.54) is 12.3 Å². The van der Waals surface area contributed by atoms with Crippen LogP contribution in [0.25, 0.3) is 0 Å². The third-order valence-electron chi connectivity index (χ3n) is 2.02. The van der Waals surface area contributed by atoms with Crippen LogP contribution in [0.4, 0.5) is 10.1 Å². The van der Waals surface area contributed by atoms with Crippen molar-refractivity contribution in [2.24, 2.45) is 0 Å². The second-order valence-electron chi connectivity index (χ2n) is 3.48. The monoisotopic (exact) mass is 243 g/mol. The van der Waals surface area contributed by atoms with E-state index >= 15 is 0 Å². The van der Waals surface area contributed by atoms with Crippen LogP contribution in [0.5, 0.6) is 0 Å². The molecular weight excluding hydrogens is 229 g/mol. The highest BCUT2D eigenvalue weighted by Gasteiger charge is 2.22. The number of ether oxygens (including phenoxy) is 1. The Morgan fingerprint density at radius 1 is 1.65 bits per heavy atom. The summed E-state index contributed by atoms with van der Waals surface area (Å²) in [5.41, 5.74) is -0.168. The third-order valence-corrected chi connectivity index (χ3v) is 2.02. The molecule has 1 rings (SSSR count). The lowest BCUT2D eigenvalue weighted by Gasteiger charge is -2.13. The van der Waals surface area contributed by atoms with Gasteiger partial charge in [-0.15, -0.1) is 0 Å². The van der Waals surface area contributed by atoms with E-state index in [-0.39, 0.29) is 6.61 Å². The third kappa shape index (κ3) is 3.02. The summed E-state index contributed by atoms with van der Waals surface area (Å²) < 4.78 is 18.4. The molecule has 1 aromatic heterocycles. The van der Waals surface area contributed by atoms with E-state index in [4.69, 9.17) is 0 Å². The van der Waals surface area contributed by atoms with E-state index in [9.17, 15) is 14.0 Å². The summed E-state index contributed by atoms with van der Waals surface area (Å²) in [5, 5.41) is 3.59. The molecule has 7 heteroatoms. The van der Waals surface area contributed by atoms with Gasteiger partial charge in [-0.1, -0.05) is 0 Å². The Labute approximate surface area is 97.6 Å². The summed E-state index contributed by atoms with van der Waals surface area (Å²) in [5.74, 6) is -1.13. The first-order valence-electron chi connectivity index (χ1n) is 5.04. The van der Waals surface area contributed by atoms with Crippen molar-refractivity contribution in [3.8, 4) is 0 Å². The molecule has 0 aromatic carbocycles. The first-order chi connectivity index (χ1) is 7.97. The first-order valence-corrected chi connectivity index (χ1v) is 5.04. The Morgan fingerprint density at radius 3 is 2.76 bits per heavy atom. The highest BCUT2D eigenvalue weighted by atomic mass is 19.1. The van der Waals surface area contributed by atoms with Gasteiger partial charge in [-0.2, -0.15) is 9.78 Å². The SMILES string of the molecule is CCOC(=O)C(F)n1ncc(N(C)C)cc1=O. The fourth-order valence-corrected chi connectivity index (χ4v) is 1.13. The van der Waals surface area contributed by atoms with E-state index in [0.29, 0.717) is 10.4 Å². The van der Waals surface area contributed by atoms with Gasteiger partial charge in [0.1, 0.15) is 0 Å². The molecule has 17 heavy (non-hydrogen) atoms. The summed E-state index contributed by atoms with van der Waals surface area (Å²) in [4.78, 5) is 24.3. The molecule has 0 fully saturated rings. The number of anilines is 1. The molecule has 0 bridgehead atoms. The number of carbonyl (C=O) groups is 1. The molecule has 1 heterocycles. The molecule has 0 amide bonds. The maximum atomic E-state index is 13.5.